The Kier molecular flexibility index (Phi) is 5.40. The number of ether oxygens (including phenoxy) is 2. The van der Waals surface area contributed by atoms with Crippen molar-refractivity contribution in [3.05, 3.63) is 22.2 Å². The molecular formula is C15H20BrClO2. The van der Waals surface area contributed by atoms with Gasteiger partial charge in [0.2, 0.25) is 0 Å². The van der Waals surface area contributed by atoms with Crippen LogP contribution in [0.4, 0.5) is 0 Å². The number of methoxy groups -OCH3 is 1. The molecule has 0 unspecified atom stereocenters. The Balaban J connectivity index is 2.15. The molecule has 106 valence electrons. The van der Waals surface area contributed by atoms with Crippen molar-refractivity contribution < 1.29 is 9.47 Å². The Bertz CT molecular complexity index is 428. The minimum absolute atomic E-state index is 0.295. The predicted octanol–water partition coefficient (Wildman–Crippen LogP) is 5.15. The van der Waals surface area contributed by atoms with E-state index < -0.39 is 0 Å². The van der Waals surface area contributed by atoms with Crippen molar-refractivity contribution in [2.75, 3.05) is 7.11 Å². The average molecular weight is 348 g/mol. The normalized spacial score (nSPS) is 23.2. The van der Waals surface area contributed by atoms with Crippen LogP contribution in [-0.4, -0.2) is 13.2 Å². The molecule has 0 aromatic heterocycles. The molecule has 0 atom stereocenters. The molecule has 0 bridgehead atoms. The Morgan fingerprint density at radius 2 is 1.95 bits per heavy atom. The van der Waals surface area contributed by atoms with Gasteiger partial charge < -0.3 is 9.47 Å². The second kappa shape index (κ2) is 6.85. The van der Waals surface area contributed by atoms with E-state index in [-0.39, 0.29) is 0 Å². The van der Waals surface area contributed by atoms with Crippen molar-refractivity contribution in [3.8, 4) is 11.5 Å². The SMILES string of the molecule is COc1cc(CCl)cc(Br)c1OC1CCC(C)CC1. The zero-order valence-corrected chi connectivity index (χ0v) is 13.8. The van der Waals surface area contributed by atoms with Crippen molar-refractivity contribution in [2.45, 2.75) is 44.6 Å². The number of halogens is 2. The maximum absolute atomic E-state index is 6.14. The van der Waals surface area contributed by atoms with Crippen LogP contribution in [-0.2, 0) is 5.88 Å². The summed E-state index contributed by atoms with van der Waals surface area (Å²) in [5.41, 5.74) is 1.02. The predicted molar refractivity (Wildman–Crippen MR) is 82.3 cm³/mol. The largest absolute Gasteiger partial charge is 0.493 e. The fourth-order valence-corrected chi connectivity index (χ4v) is 3.22. The highest BCUT2D eigenvalue weighted by Gasteiger charge is 2.22. The third kappa shape index (κ3) is 3.79. The van der Waals surface area contributed by atoms with Gasteiger partial charge in [-0.3, -0.25) is 0 Å². The highest BCUT2D eigenvalue weighted by atomic mass is 79.9. The van der Waals surface area contributed by atoms with E-state index >= 15 is 0 Å². The van der Waals surface area contributed by atoms with E-state index in [1.54, 1.807) is 7.11 Å². The molecule has 4 heteroatoms. The summed E-state index contributed by atoms with van der Waals surface area (Å²) < 4.78 is 12.5. The van der Waals surface area contributed by atoms with Crippen LogP contribution >= 0.6 is 27.5 Å². The molecule has 0 spiro atoms. The van der Waals surface area contributed by atoms with Crippen LogP contribution in [0.25, 0.3) is 0 Å². The van der Waals surface area contributed by atoms with Crippen molar-refractivity contribution in [1.82, 2.24) is 0 Å². The lowest BCUT2D eigenvalue weighted by atomic mass is 9.89. The summed E-state index contributed by atoms with van der Waals surface area (Å²) >= 11 is 9.43. The summed E-state index contributed by atoms with van der Waals surface area (Å²) in [5.74, 6) is 2.85. The summed E-state index contributed by atoms with van der Waals surface area (Å²) in [5, 5.41) is 0. The first kappa shape index (κ1) is 15.0. The summed E-state index contributed by atoms with van der Waals surface area (Å²) in [6.45, 7) is 2.31. The minimum Gasteiger partial charge on any atom is -0.493 e. The average Bonchev–Trinajstić information content (AvgIpc) is 2.43. The first-order valence-corrected chi connectivity index (χ1v) is 8.05. The van der Waals surface area contributed by atoms with Gasteiger partial charge in [-0.25, -0.2) is 0 Å². The van der Waals surface area contributed by atoms with Gasteiger partial charge in [-0.05, 0) is 65.2 Å². The molecule has 2 nitrogen and oxygen atoms in total. The highest BCUT2D eigenvalue weighted by molar-refractivity contribution is 9.10. The monoisotopic (exact) mass is 346 g/mol. The first-order valence-electron chi connectivity index (χ1n) is 6.73. The van der Waals surface area contributed by atoms with Gasteiger partial charge in [0.1, 0.15) is 0 Å². The van der Waals surface area contributed by atoms with Gasteiger partial charge in [0.15, 0.2) is 11.5 Å². The zero-order chi connectivity index (χ0) is 13.8. The number of rotatable bonds is 4. The molecule has 1 aliphatic rings. The quantitative estimate of drug-likeness (QED) is 0.701. The van der Waals surface area contributed by atoms with Gasteiger partial charge in [0.25, 0.3) is 0 Å². The summed E-state index contributed by atoms with van der Waals surface area (Å²) in [7, 11) is 1.66. The maximum Gasteiger partial charge on any atom is 0.175 e. The lowest BCUT2D eigenvalue weighted by Crippen LogP contribution is -2.23. The van der Waals surface area contributed by atoms with Crippen LogP contribution in [0.2, 0.25) is 0 Å². The van der Waals surface area contributed by atoms with E-state index in [2.05, 4.69) is 22.9 Å². The van der Waals surface area contributed by atoms with E-state index in [1.807, 2.05) is 12.1 Å². The zero-order valence-electron chi connectivity index (χ0n) is 11.4. The lowest BCUT2D eigenvalue weighted by Gasteiger charge is -2.28. The van der Waals surface area contributed by atoms with Gasteiger partial charge >= 0.3 is 0 Å². The molecule has 19 heavy (non-hydrogen) atoms. The molecular weight excluding hydrogens is 328 g/mol. The Morgan fingerprint density at radius 1 is 1.26 bits per heavy atom. The highest BCUT2D eigenvalue weighted by Crippen LogP contribution is 2.39. The molecule has 2 rings (SSSR count). The third-order valence-electron chi connectivity index (χ3n) is 3.69. The van der Waals surface area contributed by atoms with Crippen molar-refractivity contribution >= 4 is 27.5 Å². The summed E-state index contributed by atoms with van der Waals surface area (Å²) in [4.78, 5) is 0. The van der Waals surface area contributed by atoms with Crippen LogP contribution in [0.5, 0.6) is 11.5 Å². The van der Waals surface area contributed by atoms with Gasteiger partial charge in [-0.1, -0.05) is 6.92 Å². The van der Waals surface area contributed by atoms with Gasteiger partial charge in [-0.2, -0.15) is 0 Å². The molecule has 1 aromatic rings. The second-order valence-electron chi connectivity index (χ2n) is 5.24. The standard InChI is InChI=1S/C15H20BrClO2/c1-10-3-5-12(6-4-10)19-15-13(16)7-11(9-17)8-14(15)18-2/h7-8,10,12H,3-6,9H2,1-2H3. The van der Waals surface area contributed by atoms with E-state index in [4.69, 9.17) is 21.1 Å². The molecule has 1 saturated carbocycles. The molecule has 0 radical (unpaired) electrons. The smallest absolute Gasteiger partial charge is 0.175 e. The summed E-state index contributed by atoms with van der Waals surface area (Å²) in [6.07, 6.45) is 5.01. The lowest BCUT2D eigenvalue weighted by molar-refractivity contribution is 0.130. The number of alkyl halides is 1. The van der Waals surface area contributed by atoms with Crippen LogP contribution < -0.4 is 9.47 Å². The van der Waals surface area contributed by atoms with Crippen LogP contribution in [0.3, 0.4) is 0 Å². The van der Waals surface area contributed by atoms with Crippen molar-refractivity contribution in [1.29, 1.82) is 0 Å². The molecule has 1 fully saturated rings. The minimum atomic E-state index is 0.295. The fourth-order valence-electron chi connectivity index (χ4n) is 2.48. The van der Waals surface area contributed by atoms with E-state index in [9.17, 15) is 0 Å². The molecule has 0 N–H and O–H groups in total. The first-order chi connectivity index (χ1) is 9.13. The van der Waals surface area contributed by atoms with E-state index in [0.29, 0.717) is 12.0 Å². The van der Waals surface area contributed by atoms with Gasteiger partial charge in [0, 0.05) is 5.88 Å². The summed E-state index contributed by atoms with van der Waals surface area (Å²) in [6, 6.07) is 3.94. The molecule has 1 aromatic carbocycles. The molecule has 0 aliphatic heterocycles. The third-order valence-corrected chi connectivity index (χ3v) is 4.59. The molecule has 0 heterocycles. The number of hydrogen-bond donors (Lipinski definition) is 0. The Labute approximate surface area is 128 Å². The van der Waals surface area contributed by atoms with Gasteiger partial charge in [-0.15, -0.1) is 11.6 Å². The number of hydrogen-bond acceptors (Lipinski definition) is 2. The fraction of sp³-hybridized carbons (Fsp3) is 0.600. The second-order valence-corrected chi connectivity index (χ2v) is 6.36. The van der Waals surface area contributed by atoms with Crippen molar-refractivity contribution in [3.63, 3.8) is 0 Å². The molecule has 0 saturated heterocycles. The topological polar surface area (TPSA) is 18.5 Å². The van der Waals surface area contributed by atoms with E-state index in [1.165, 1.54) is 12.8 Å². The van der Waals surface area contributed by atoms with Crippen molar-refractivity contribution in [2.24, 2.45) is 5.92 Å². The number of benzene rings is 1. The van der Waals surface area contributed by atoms with Crippen LogP contribution in [0, 0.1) is 5.92 Å². The Morgan fingerprint density at radius 3 is 2.53 bits per heavy atom. The molecule has 0 amide bonds. The van der Waals surface area contributed by atoms with Gasteiger partial charge in [0.05, 0.1) is 17.7 Å². The Hall–Kier alpha value is -0.410. The van der Waals surface area contributed by atoms with E-state index in [0.717, 1.165) is 40.3 Å². The van der Waals surface area contributed by atoms with Crippen LogP contribution in [0.1, 0.15) is 38.2 Å². The van der Waals surface area contributed by atoms with Crippen LogP contribution in [0.15, 0.2) is 16.6 Å². The molecule has 1 aliphatic carbocycles. The maximum atomic E-state index is 6.14.